The first-order valence-electron chi connectivity index (χ1n) is 9.25. The molecule has 4 nitrogen and oxygen atoms in total. The Bertz CT molecular complexity index is 640. The van der Waals surface area contributed by atoms with E-state index in [0.29, 0.717) is 12.1 Å². The summed E-state index contributed by atoms with van der Waals surface area (Å²) < 4.78 is 25.8. The van der Waals surface area contributed by atoms with Gasteiger partial charge in [0.2, 0.25) is 0 Å². The minimum atomic E-state index is -3.62. The van der Waals surface area contributed by atoms with Crippen LogP contribution in [0.25, 0.3) is 0 Å². The fourth-order valence-electron chi connectivity index (χ4n) is 3.20. The van der Waals surface area contributed by atoms with E-state index in [2.05, 4.69) is 6.92 Å². The lowest BCUT2D eigenvalue weighted by atomic mass is 10.1. The average Bonchev–Trinajstić information content (AvgIpc) is 2.77. The third-order valence-corrected chi connectivity index (χ3v) is 6.47. The number of amides is 1. The summed E-state index contributed by atoms with van der Waals surface area (Å²) in [6, 6.07) is 6.47. The van der Waals surface area contributed by atoms with Crippen LogP contribution in [0.4, 0.5) is 0 Å². The predicted molar refractivity (Wildman–Crippen MR) is 96.5 cm³/mol. The molecule has 0 bridgehead atoms. The third-order valence-electron chi connectivity index (χ3n) is 4.63. The number of nitrogens with zero attached hydrogens (tertiary/aromatic N) is 1. The third kappa shape index (κ3) is 4.59. The molecule has 0 aromatic heterocycles. The van der Waals surface area contributed by atoms with Gasteiger partial charge in [-0.2, -0.15) is 0 Å². The predicted octanol–water partition coefficient (Wildman–Crippen LogP) is 4.75. The van der Waals surface area contributed by atoms with Crippen molar-refractivity contribution in [2.45, 2.75) is 76.0 Å². The highest BCUT2D eigenvalue weighted by Gasteiger charge is 2.40. The Morgan fingerprint density at radius 3 is 1.96 bits per heavy atom. The number of rotatable bonds is 11. The van der Waals surface area contributed by atoms with Crippen LogP contribution in [0.2, 0.25) is 0 Å². The molecule has 1 aliphatic rings. The number of sulfonamides is 1. The van der Waals surface area contributed by atoms with E-state index in [-0.39, 0.29) is 10.8 Å². The monoisotopic (exact) mass is 351 g/mol. The minimum absolute atomic E-state index is 0.155. The fraction of sp³-hybridized carbons (Fsp3) is 0.632. The van der Waals surface area contributed by atoms with Crippen molar-refractivity contribution in [3.05, 3.63) is 29.8 Å². The lowest BCUT2D eigenvalue weighted by molar-refractivity contribution is 0.0869. The van der Waals surface area contributed by atoms with Crippen molar-refractivity contribution in [2.24, 2.45) is 0 Å². The van der Waals surface area contributed by atoms with Gasteiger partial charge < -0.3 is 0 Å². The fourth-order valence-corrected chi connectivity index (χ4v) is 4.80. The van der Waals surface area contributed by atoms with Gasteiger partial charge in [0.1, 0.15) is 4.90 Å². The van der Waals surface area contributed by atoms with Crippen LogP contribution in [0, 0.1) is 0 Å². The van der Waals surface area contributed by atoms with Crippen LogP contribution in [0.1, 0.15) is 81.5 Å². The second-order valence-corrected chi connectivity index (χ2v) is 8.39. The van der Waals surface area contributed by atoms with Crippen molar-refractivity contribution < 1.29 is 13.2 Å². The Balaban J connectivity index is 1.66. The number of carbonyl (C=O) groups is 1. The SMILES string of the molecule is CCCCCCCCCCCCN1C(=O)c2ccccc2S1(=O)=O. The first-order chi connectivity index (χ1) is 11.6. The molecule has 1 aliphatic heterocycles. The summed E-state index contributed by atoms with van der Waals surface area (Å²) in [6.45, 7) is 2.52. The maximum Gasteiger partial charge on any atom is 0.269 e. The van der Waals surface area contributed by atoms with E-state index in [1.165, 1.54) is 51.0 Å². The molecule has 1 aromatic carbocycles. The summed E-state index contributed by atoms with van der Waals surface area (Å²) in [4.78, 5) is 12.4. The lowest BCUT2D eigenvalue weighted by Crippen LogP contribution is -2.30. The molecule has 134 valence electrons. The largest absolute Gasteiger partial charge is 0.269 e. The zero-order valence-electron chi connectivity index (χ0n) is 14.7. The molecule has 1 heterocycles. The van der Waals surface area contributed by atoms with Crippen molar-refractivity contribution in [2.75, 3.05) is 6.54 Å². The standard InChI is InChI=1S/C19H29NO3S/c1-2-3-4-5-6-7-8-9-10-13-16-20-19(21)17-14-11-12-15-18(17)24(20,22)23/h11-12,14-15H,2-10,13,16H2,1H3. The number of fused-ring (bicyclic) bond motifs is 1. The smallest absolute Gasteiger partial charge is 0.268 e. The number of carbonyl (C=O) groups excluding carboxylic acids is 1. The highest BCUT2D eigenvalue weighted by atomic mass is 32.2. The molecule has 0 saturated carbocycles. The summed E-state index contributed by atoms with van der Waals surface area (Å²) in [6.07, 6.45) is 11.9. The van der Waals surface area contributed by atoms with Gasteiger partial charge in [-0.15, -0.1) is 0 Å². The Morgan fingerprint density at radius 1 is 0.833 bits per heavy atom. The Hall–Kier alpha value is -1.36. The van der Waals surface area contributed by atoms with Gasteiger partial charge in [0.25, 0.3) is 15.9 Å². The molecular formula is C19H29NO3S. The maximum absolute atomic E-state index is 12.4. The van der Waals surface area contributed by atoms with Crippen molar-refractivity contribution >= 4 is 15.9 Å². The Kier molecular flexibility index (Phi) is 7.28. The molecule has 2 rings (SSSR count). The molecule has 0 fully saturated rings. The first kappa shape index (κ1) is 19.0. The summed E-state index contributed by atoms with van der Waals surface area (Å²) in [5, 5.41) is 0. The second kappa shape index (κ2) is 9.21. The zero-order chi connectivity index (χ0) is 17.4. The molecule has 0 N–H and O–H groups in total. The van der Waals surface area contributed by atoms with E-state index < -0.39 is 10.0 Å². The van der Waals surface area contributed by atoms with Crippen LogP contribution in [-0.2, 0) is 10.0 Å². The molecule has 0 spiro atoms. The summed E-state index contributed by atoms with van der Waals surface area (Å²) in [5.41, 5.74) is 0.310. The number of benzene rings is 1. The van der Waals surface area contributed by atoms with Crippen LogP contribution in [0.3, 0.4) is 0 Å². The van der Waals surface area contributed by atoms with Gasteiger partial charge in [-0.1, -0.05) is 76.8 Å². The van der Waals surface area contributed by atoms with Crippen molar-refractivity contribution in [1.82, 2.24) is 4.31 Å². The average molecular weight is 352 g/mol. The van der Waals surface area contributed by atoms with E-state index in [1.807, 2.05) is 0 Å². The highest BCUT2D eigenvalue weighted by Crippen LogP contribution is 2.30. The Morgan fingerprint density at radius 2 is 1.38 bits per heavy atom. The second-order valence-electron chi connectivity index (χ2n) is 6.56. The van der Waals surface area contributed by atoms with Gasteiger partial charge in [-0.25, -0.2) is 12.7 Å². The van der Waals surface area contributed by atoms with Gasteiger partial charge in [0, 0.05) is 6.54 Å². The molecule has 5 heteroatoms. The van der Waals surface area contributed by atoms with Crippen molar-refractivity contribution in [3.63, 3.8) is 0 Å². The molecule has 0 aliphatic carbocycles. The quantitative estimate of drug-likeness (QED) is 0.541. The molecule has 1 amide bonds. The van der Waals surface area contributed by atoms with Gasteiger partial charge in [-0.05, 0) is 18.6 Å². The van der Waals surface area contributed by atoms with Crippen LogP contribution < -0.4 is 0 Å². The molecule has 0 unspecified atom stereocenters. The molecule has 0 radical (unpaired) electrons. The van der Waals surface area contributed by atoms with Crippen LogP contribution >= 0.6 is 0 Å². The Labute approximate surface area is 146 Å². The van der Waals surface area contributed by atoms with E-state index >= 15 is 0 Å². The van der Waals surface area contributed by atoms with Crippen molar-refractivity contribution in [1.29, 1.82) is 0 Å². The summed E-state index contributed by atoms with van der Waals surface area (Å²) in [7, 11) is -3.62. The van der Waals surface area contributed by atoms with Crippen molar-refractivity contribution in [3.8, 4) is 0 Å². The molecular weight excluding hydrogens is 322 g/mol. The highest BCUT2D eigenvalue weighted by molar-refractivity contribution is 7.90. The van der Waals surface area contributed by atoms with Gasteiger partial charge in [0.15, 0.2) is 0 Å². The topological polar surface area (TPSA) is 54.5 Å². The van der Waals surface area contributed by atoms with E-state index in [0.717, 1.165) is 23.6 Å². The first-order valence-corrected chi connectivity index (χ1v) is 10.7. The number of unbranched alkanes of at least 4 members (excludes halogenated alkanes) is 9. The van der Waals surface area contributed by atoms with Gasteiger partial charge >= 0.3 is 0 Å². The molecule has 1 aromatic rings. The number of hydrogen-bond donors (Lipinski definition) is 0. The van der Waals surface area contributed by atoms with Crippen LogP contribution in [-0.4, -0.2) is 25.2 Å². The maximum atomic E-state index is 12.4. The summed E-state index contributed by atoms with van der Waals surface area (Å²) >= 11 is 0. The van der Waals surface area contributed by atoms with Gasteiger partial charge in [0.05, 0.1) is 5.56 Å². The lowest BCUT2D eigenvalue weighted by Gasteiger charge is -2.14. The molecule has 0 atom stereocenters. The van der Waals surface area contributed by atoms with E-state index in [1.54, 1.807) is 18.2 Å². The zero-order valence-corrected chi connectivity index (χ0v) is 15.5. The van der Waals surface area contributed by atoms with Crippen LogP contribution in [0.15, 0.2) is 29.2 Å². The van der Waals surface area contributed by atoms with E-state index in [9.17, 15) is 13.2 Å². The molecule has 0 saturated heterocycles. The van der Waals surface area contributed by atoms with Gasteiger partial charge in [-0.3, -0.25) is 4.79 Å². The summed E-state index contributed by atoms with van der Waals surface area (Å²) in [5.74, 6) is -0.374. The normalized spacial score (nSPS) is 15.7. The number of hydrogen-bond acceptors (Lipinski definition) is 3. The van der Waals surface area contributed by atoms with E-state index in [4.69, 9.17) is 0 Å². The van der Waals surface area contributed by atoms with Crippen LogP contribution in [0.5, 0.6) is 0 Å². The molecule has 24 heavy (non-hydrogen) atoms. The minimum Gasteiger partial charge on any atom is -0.268 e.